The molecule has 0 heterocycles. The van der Waals surface area contributed by atoms with Gasteiger partial charge < -0.3 is 14.9 Å². The quantitative estimate of drug-likeness (QED) is 0.161. The van der Waals surface area contributed by atoms with Crippen LogP contribution in [0.4, 0.5) is 0 Å². The number of esters is 1. The number of aliphatic hydroxyl groups is 2. The lowest BCUT2D eigenvalue weighted by atomic mass is 10.1. The van der Waals surface area contributed by atoms with Gasteiger partial charge in [-0.05, 0) is 49.9 Å². The number of carbonyl (C=O) groups excluding carboxylic acids is 1. The van der Waals surface area contributed by atoms with Gasteiger partial charge in [0.15, 0.2) is 6.10 Å². The van der Waals surface area contributed by atoms with Gasteiger partial charge >= 0.3 is 5.97 Å². The fourth-order valence-corrected chi connectivity index (χ4v) is 2.82. The molecule has 176 valence electrons. The molecule has 2 N–H and O–H groups in total. The highest BCUT2D eigenvalue weighted by molar-refractivity contribution is 5.68. The maximum absolute atomic E-state index is 11.0. The summed E-state index contributed by atoms with van der Waals surface area (Å²) < 4.78 is 4.63. The smallest absolute Gasteiger partial charge is 0.305 e. The van der Waals surface area contributed by atoms with Gasteiger partial charge in [-0.1, -0.05) is 81.1 Å². The summed E-state index contributed by atoms with van der Waals surface area (Å²) in [5.74, 6) is 16.0. The van der Waals surface area contributed by atoms with E-state index in [0.29, 0.717) is 25.7 Å². The minimum absolute atomic E-state index is 0.110. The van der Waals surface area contributed by atoms with Gasteiger partial charge in [0.1, 0.15) is 0 Å². The van der Waals surface area contributed by atoms with Crippen LogP contribution in [0.15, 0.2) is 24.3 Å². The van der Waals surface area contributed by atoms with E-state index < -0.39 is 12.2 Å². The van der Waals surface area contributed by atoms with Crippen molar-refractivity contribution in [2.24, 2.45) is 0 Å². The van der Waals surface area contributed by atoms with Crippen LogP contribution in [-0.2, 0) is 9.53 Å². The summed E-state index contributed by atoms with van der Waals surface area (Å²) in [6.07, 6.45) is 19.1. The van der Waals surface area contributed by atoms with Crippen LogP contribution in [0.5, 0.6) is 0 Å². The maximum atomic E-state index is 11.0. The molecule has 0 fully saturated rings. The molecular weight excluding hydrogens is 400 g/mol. The molecule has 0 aromatic heterocycles. The highest BCUT2D eigenvalue weighted by Crippen LogP contribution is 2.09. The van der Waals surface area contributed by atoms with E-state index in [2.05, 4.69) is 58.5 Å². The molecule has 4 nitrogen and oxygen atoms in total. The van der Waals surface area contributed by atoms with Gasteiger partial charge in [-0.15, -0.1) is 0 Å². The molecule has 0 spiro atoms. The summed E-state index contributed by atoms with van der Waals surface area (Å²) in [6.45, 7) is 2.01. The van der Waals surface area contributed by atoms with Crippen LogP contribution in [0.25, 0.3) is 0 Å². The topological polar surface area (TPSA) is 66.8 Å². The Morgan fingerprint density at radius 2 is 1.62 bits per heavy atom. The van der Waals surface area contributed by atoms with Gasteiger partial charge in [-0.2, -0.15) is 0 Å². The lowest BCUT2D eigenvalue weighted by Gasteiger charge is -2.02. The average Bonchev–Trinajstić information content (AvgIpc) is 2.78. The zero-order chi connectivity index (χ0) is 23.7. The third-order valence-corrected chi connectivity index (χ3v) is 4.61. The molecule has 0 aliphatic carbocycles. The Hall–Kier alpha value is -2.45. The summed E-state index contributed by atoms with van der Waals surface area (Å²) in [5, 5.41) is 19.2. The SMILES string of the molecule is CCCC(O)CC#CC(O)C#CC#CCC=CCC=CCCCCCCCCC(=O)OC. The third-order valence-electron chi connectivity index (χ3n) is 4.61. The van der Waals surface area contributed by atoms with Crippen molar-refractivity contribution in [3.63, 3.8) is 0 Å². The number of carbonyl (C=O) groups is 1. The molecule has 4 heteroatoms. The van der Waals surface area contributed by atoms with Gasteiger partial charge in [-0.25, -0.2) is 0 Å². The number of aliphatic hydroxyl groups excluding tert-OH is 2. The van der Waals surface area contributed by atoms with Crippen molar-refractivity contribution in [3.05, 3.63) is 24.3 Å². The Kier molecular flexibility index (Phi) is 21.4. The number of ether oxygens (including phenoxy) is 1. The molecule has 32 heavy (non-hydrogen) atoms. The first kappa shape index (κ1) is 29.5. The molecule has 0 aliphatic rings. The molecule has 0 aromatic carbocycles. The molecular formula is C28H40O4. The number of allylic oxidation sites excluding steroid dienone is 4. The summed E-state index contributed by atoms with van der Waals surface area (Å²) >= 11 is 0. The van der Waals surface area contributed by atoms with Crippen molar-refractivity contribution >= 4 is 5.97 Å². The van der Waals surface area contributed by atoms with E-state index >= 15 is 0 Å². The monoisotopic (exact) mass is 440 g/mol. The second-order valence-electron chi connectivity index (χ2n) is 7.56. The zero-order valence-corrected chi connectivity index (χ0v) is 19.9. The van der Waals surface area contributed by atoms with Crippen LogP contribution in [0.3, 0.4) is 0 Å². The van der Waals surface area contributed by atoms with Crippen LogP contribution in [-0.4, -0.2) is 35.5 Å². The van der Waals surface area contributed by atoms with Crippen LogP contribution < -0.4 is 0 Å². The van der Waals surface area contributed by atoms with E-state index in [1.54, 1.807) is 0 Å². The second-order valence-corrected chi connectivity index (χ2v) is 7.56. The Bertz CT molecular complexity index is 716. The number of unbranched alkanes of at least 4 members (excludes halogenated alkanes) is 6. The Balaban J connectivity index is 3.68. The maximum Gasteiger partial charge on any atom is 0.305 e. The van der Waals surface area contributed by atoms with E-state index in [1.807, 2.05) is 13.0 Å². The van der Waals surface area contributed by atoms with Crippen molar-refractivity contribution in [1.82, 2.24) is 0 Å². The van der Waals surface area contributed by atoms with Crippen LogP contribution in [0, 0.1) is 35.5 Å². The number of methoxy groups -OCH3 is 1. The molecule has 0 aromatic rings. The highest BCUT2D eigenvalue weighted by atomic mass is 16.5. The van der Waals surface area contributed by atoms with E-state index in [-0.39, 0.29) is 5.97 Å². The van der Waals surface area contributed by atoms with Gasteiger partial charge in [0, 0.05) is 19.3 Å². The normalized spacial score (nSPS) is 12.2. The minimum Gasteiger partial charge on any atom is -0.469 e. The van der Waals surface area contributed by atoms with Gasteiger partial charge in [0.25, 0.3) is 0 Å². The molecule has 0 radical (unpaired) electrons. The number of hydrogen-bond acceptors (Lipinski definition) is 4. The van der Waals surface area contributed by atoms with Gasteiger partial charge in [0.05, 0.1) is 13.2 Å². The molecule has 0 amide bonds. The first-order chi connectivity index (χ1) is 15.6. The Morgan fingerprint density at radius 3 is 2.38 bits per heavy atom. The van der Waals surface area contributed by atoms with E-state index in [4.69, 9.17) is 0 Å². The molecule has 2 unspecified atom stereocenters. The molecule has 0 aliphatic heterocycles. The minimum atomic E-state index is -1.02. The fourth-order valence-electron chi connectivity index (χ4n) is 2.82. The van der Waals surface area contributed by atoms with Crippen molar-refractivity contribution in [2.75, 3.05) is 7.11 Å². The first-order valence-electron chi connectivity index (χ1n) is 11.8. The fraction of sp³-hybridized carbons (Fsp3) is 0.607. The Morgan fingerprint density at radius 1 is 0.906 bits per heavy atom. The van der Waals surface area contributed by atoms with Crippen molar-refractivity contribution in [3.8, 4) is 35.5 Å². The Labute approximate surface area is 195 Å². The average molecular weight is 441 g/mol. The van der Waals surface area contributed by atoms with Crippen molar-refractivity contribution in [1.29, 1.82) is 0 Å². The molecule has 2 atom stereocenters. The first-order valence-corrected chi connectivity index (χ1v) is 11.8. The summed E-state index contributed by atoms with van der Waals surface area (Å²) in [5.41, 5.74) is 0. The standard InChI is InChI=1S/C28H40O4/c1-3-21-26(29)23-20-24-27(30)22-18-16-14-12-10-8-6-4-5-7-9-11-13-15-17-19-25-28(31)32-2/h4-5,8,10,26-27,29-30H,3,6-7,9,11-13,15,17,19,21,23,25H2,1-2H3. The summed E-state index contributed by atoms with van der Waals surface area (Å²) in [6, 6.07) is 0. The van der Waals surface area contributed by atoms with Crippen molar-refractivity contribution in [2.45, 2.75) is 103 Å². The predicted octanol–water partition coefficient (Wildman–Crippen LogP) is 5.10. The lowest BCUT2D eigenvalue weighted by Crippen LogP contribution is -2.04. The second kappa shape index (κ2) is 23.2. The van der Waals surface area contributed by atoms with E-state index in [1.165, 1.54) is 32.8 Å². The van der Waals surface area contributed by atoms with Crippen LogP contribution in [0.2, 0.25) is 0 Å². The molecule has 0 bridgehead atoms. The largest absolute Gasteiger partial charge is 0.469 e. The predicted molar refractivity (Wildman–Crippen MR) is 131 cm³/mol. The van der Waals surface area contributed by atoms with E-state index in [9.17, 15) is 15.0 Å². The zero-order valence-electron chi connectivity index (χ0n) is 19.9. The summed E-state index contributed by atoms with van der Waals surface area (Å²) in [7, 11) is 1.44. The van der Waals surface area contributed by atoms with E-state index in [0.717, 1.165) is 32.1 Å². The highest BCUT2D eigenvalue weighted by Gasteiger charge is 1.99. The third kappa shape index (κ3) is 22.2. The number of hydrogen-bond donors (Lipinski definition) is 2. The van der Waals surface area contributed by atoms with Crippen molar-refractivity contribution < 1.29 is 19.7 Å². The summed E-state index contributed by atoms with van der Waals surface area (Å²) in [4.78, 5) is 11.0. The lowest BCUT2D eigenvalue weighted by molar-refractivity contribution is -0.140. The molecule has 0 saturated carbocycles. The molecule has 0 saturated heterocycles. The number of rotatable bonds is 15. The van der Waals surface area contributed by atoms with Gasteiger partial charge in [-0.3, -0.25) is 4.79 Å². The van der Waals surface area contributed by atoms with Gasteiger partial charge in [0.2, 0.25) is 0 Å². The van der Waals surface area contributed by atoms with Crippen LogP contribution in [0.1, 0.15) is 90.4 Å². The molecule has 0 rings (SSSR count). The van der Waals surface area contributed by atoms with Crippen LogP contribution >= 0.6 is 0 Å².